The lowest BCUT2D eigenvalue weighted by Gasteiger charge is -2.16. The summed E-state index contributed by atoms with van der Waals surface area (Å²) in [6.07, 6.45) is 8.10. The number of carbonyl (C=O) groups is 1. The van der Waals surface area contributed by atoms with E-state index in [2.05, 4.69) is 41.3 Å². The second kappa shape index (κ2) is 11.0. The Hall–Kier alpha value is -3.58. The molecule has 0 radical (unpaired) electrons. The van der Waals surface area contributed by atoms with Crippen molar-refractivity contribution in [2.75, 3.05) is 30.8 Å². The normalized spacial score (nSPS) is 13.6. The van der Waals surface area contributed by atoms with E-state index >= 15 is 0 Å². The van der Waals surface area contributed by atoms with Crippen molar-refractivity contribution in [1.29, 1.82) is 0 Å². The number of nitrogens with zero attached hydrogens (tertiary/aromatic N) is 5. The van der Waals surface area contributed by atoms with Gasteiger partial charge < -0.3 is 21.3 Å². The first kappa shape index (κ1) is 25.5. The topological polar surface area (TPSA) is 156 Å². The molecular formula is C23H31N9O3S. The van der Waals surface area contributed by atoms with E-state index < -0.39 is 10.0 Å². The van der Waals surface area contributed by atoms with Crippen LogP contribution in [0.1, 0.15) is 43.5 Å². The first-order valence-corrected chi connectivity index (χ1v) is 13.4. The molecule has 0 aliphatic heterocycles. The third-order valence-corrected chi connectivity index (χ3v) is 7.45. The Balaban J connectivity index is 1.51. The maximum absolute atomic E-state index is 12.7. The molecule has 1 aliphatic carbocycles. The highest BCUT2D eigenvalue weighted by Crippen LogP contribution is 2.30. The van der Waals surface area contributed by atoms with Crippen LogP contribution in [-0.2, 0) is 10.0 Å². The summed E-state index contributed by atoms with van der Waals surface area (Å²) in [6, 6.07) is 3.53. The molecule has 36 heavy (non-hydrogen) atoms. The quantitative estimate of drug-likeness (QED) is 0.264. The van der Waals surface area contributed by atoms with E-state index in [0.717, 1.165) is 17.1 Å². The minimum atomic E-state index is -3.47. The number of amides is 1. The fraction of sp³-hybridized carbons (Fsp3) is 0.435. The van der Waals surface area contributed by atoms with Crippen LogP contribution in [0.5, 0.6) is 0 Å². The summed E-state index contributed by atoms with van der Waals surface area (Å²) in [5.41, 5.74) is 1.59. The molecule has 1 saturated carbocycles. The van der Waals surface area contributed by atoms with Gasteiger partial charge in [-0.25, -0.2) is 23.4 Å². The summed E-state index contributed by atoms with van der Waals surface area (Å²) >= 11 is 0. The number of nitrogens with one attached hydrogen (secondary N) is 4. The summed E-state index contributed by atoms with van der Waals surface area (Å²) in [7, 11) is -1.59. The predicted molar refractivity (Wildman–Crippen MR) is 138 cm³/mol. The molecule has 0 atom stereocenters. The number of hydrogen-bond donors (Lipinski definition) is 4. The minimum Gasteiger partial charge on any atom is -0.382 e. The van der Waals surface area contributed by atoms with Crippen molar-refractivity contribution in [2.24, 2.45) is 0 Å². The molecule has 3 aromatic heterocycles. The van der Waals surface area contributed by atoms with Crippen molar-refractivity contribution in [3.63, 3.8) is 0 Å². The van der Waals surface area contributed by atoms with Gasteiger partial charge in [-0.05, 0) is 52.8 Å². The van der Waals surface area contributed by atoms with Gasteiger partial charge in [0, 0.05) is 31.0 Å². The van der Waals surface area contributed by atoms with Gasteiger partial charge in [-0.15, -0.1) is 0 Å². The fourth-order valence-electron chi connectivity index (χ4n) is 3.47. The van der Waals surface area contributed by atoms with Gasteiger partial charge >= 0.3 is 0 Å². The Morgan fingerprint density at radius 1 is 1.17 bits per heavy atom. The van der Waals surface area contributed by atoms with Crippen LogP contribution in [-0.4, -0.2) is 69.9 Å². The zero-order valence-corrected chi connectivity index (χ0v) is 21.3. The van der Waals surface area contributed by atoms with Gasteiger partial charge in [0.25, 0.3) is 15.9 Å². The highest BCUT2D eigenvalue weighted by molar-refractivity contribution is 7.90. The zero-order chi connectivity index (χ0) is 25.7. The van der Waals surface area contributed by atoms with E-state index in [4.69, 9.17) is 0 Å². The van der Waals surface area contributed by atoms with Crippen LogP contribution in [0.25, 0.3) is 11.4 Å². The van der Waals surface area contributed by atoms with Crippen molar-refractivity contribution in [2.45, 2.75) is 44.4 Å². The number of anilines is 3. The third-order valence-electron chi connectivity index (χ3n) is 5.42. The van der Waals surface area contributed by atoms with Crippen LogP contribution in [0.4, 0.5) is 17.3 Å². The standard InChI is InChI=1S/C23H31N9O3S/c1-15(2)29-19-11-21(27-13-18(19)23(33)26-9-4-8-24-3)30-20-7-10-25-22(31-20)16-12-28-32(14-16)36(34,35)17-5-6-17/h7,10-15,17,24H,4-6,8-9H2,1-3H3,(H,26,33)(H2,25,27,29,30,31). The third kappa shape index (κ3) is 6.15. The van der Waals surface area contributed by atoms with Gasteiger partial charge in [0.05, 0.1) is 34.5 Å². The molecule has 1 amide bonds. The highest BCUT2D eigenvalue weighted by Gasteiger charge is 2.37. The van der Waals surface area contributed by atoms with Crippen molar-refractivity contribution in [3.8, 4) is 11.4 Å². The minimum absolute atomic E-state index is 0.102. The molecule has 0 saturated heterocycles. The molecule has 0 bridgehead atoms. The molecule has 3 heterocycles. The summed E-state index contributed by atoms with van der Waals surface area (Å²) in [5, 5.41) is 16.0. The molecule has 1 fully saturated rings. The average Bonchev–Trinajstić information content (AvgIpc) is 3.59. The largest absolute Gasteiger partial charge is 0.382 e. The van der Waals surface area contributed by atoms with Gasteiger partial charge in [-0.1, -0.05) is 0 Å². The van der Waals surface area contributed by atoms with Crippen LogP contribution < -0.4 is 21.3 Å². The lowest BCUT2D eigenvalue weighted by molar-refractivity contribution is 0.0953. The Labute approximate surface area is 210 Å². The first-order chi connectivity index (χ1) is 17.3. The zero-order valence-electron chi connectivity index (χ0n) is 20.5. The highest BCUT2D eigenvalue weighted by atomic mass is 32.2. The molecule has 0 aromatic carbocycles. The average molecular weight is 514 g/mol. The summed E-state index contributed by atoms with van der Waals surface area (Å²) in [5.74, 6) is 1.08. The second-order valence-electron chi connectivity index (χ2n) is 8.86. The molecule has 3 aromatic rings. The van der Waals surface area contributed by atoms with Crippen LogP contribution in [0, 0.1) is 0 Å². The molecular weight excluding hydrogens is 482 g/mol. The SMILES string of the molecule is CNCCCNC(=O)c1cnc(Nc2ccnc(-c3cnn(S(=O)(=O)C4CC4)c3)n2)cc1NC(C)C. The van der Waals surface area contributed by atoms with Crippen LogP contribution in [0.2, 0.25) is 0 Å². The first-order valence-electron chi connectivity index (χ1n) is 11.9. The molecule has 0 unspecified atom stereocenters. The molecule has 4 rings (SSSR count). The van der Waals surface area contributed by atoms with Gasteiger partial charge in [0.15, 0.2) is 5.82 Å². The lowest BCUT2D eigenvalue weighted by Crippen LogP contribution is -2.28. The number of carbonyl (C=O) groups excluding carboxylic acids is 1. The molecule has 4 N–H and O–H groups in total. The van der Waals surface area contributed by atoms with Crippen LogP contribution >= 0.6 is 0 Å². The lowest BCUT2D eigenvalue weighted by atomic mass is 10.2. The molecule has 192 valence electrons. The maximum atomic E-state index is 12.7. The summed E-state index contributed by atoms with van der Waals surface area (Å²) in [6.45, 7) is 5.35. The Morgan fingerprint density at radius 3 is 2.69 bits per heavy atom. The van der Waals surface area contributed by atoms with E-state index in [1.54, 1.807) is 18.3 Å². The van der Waals surface area contributed by atoms with Crippen LogP contribution in [0.3, 0.4) is 0 Å². The number of rotatable bonds is 12. The van der Waals surface area contributed by atoms with E-state index in [-0.39, 0.29) is 17.2 Å². The van der Waals surface area contributed by atoms with E-state index in [1.807, 2.05) is 20.9 Å². The van der Waals surface area contributed by atoms with Crippen molar-refractivity contribution < 1.29 is 13.2 Å². The van der Waals surface area contributed by atoms with Crippen molar-refractivity contribution in [1.82, 2.24) is 34.8 Å². The molecule has 12 nitrogen and oxygen atoms in total. The summed E-state index contributed by atoms with van der Waals surface area (Å²) in [4.78, 5) is 25.8. The van der Waals surface area contributed by atoms with Crippen LogP contribution in [0.15, 0.2) is 36.9 Å². The summed E-state index contributed by atoms with van der Waals surface area (Å²) < 4.78 is 25.8. The number of hydrogen-bond acceptors (Lipinski definition) is 10. The van der Waals surface area contributed by atoms with Crippen molar-refractivity contribution >= 4 is 33.3 Å². The number of aromatic nitrogens is 5. The van der Waals surface area contributed by atoms with E-state index in [9.17, 15) is 13.2 Å². The molecule has 1 aliphatic rings. The van der Waals surface area contributed by atoms with Gasteiger partial charge in [0.1, 0.15) is 11.6 Å². The van der Waals surface area contributed by atoms with Gasteiger partial charge in [-0.2, -0.15) is 9.19 Å². The van der Waals surface area contributed by atoms with Gasteiger partial charge in [0.2, 0.25) is 0 Å². The molecule has 0 spiro atoms. The Kier molecular flexibility index (Phi) is 7.79. The number of pyridine rings is 1. The molecule has 13 heteroatoms. The Morgan fingerprint density at radius 2 is 1.97 bits per heavy atom. The smallest absolute Gasteiger partial charge is 0.256 e. The predicted octanol–water partition coefficient (Wildman–Crippen LogP) is 1.98. The van der Waals surface area contributed by atoms with E-state index in [0.29, 0.717) is 53.7 Å². The Bertz CT molecular complexity index is 1320. The van der Waals surface area contributed by atoms with E-state index in [1.165, 1.54) is 18.6 Å². The monoisotopic (exact) mass is 513 g/mol. The van der Waals surface area contributed by atoms with Gasteiger partial charge in [-0.3, -0.25) is 4.79 Å². The maximum Gasteiger partial charge on any atom is 0.256 e. The second-order valence-corrected chi connectivity index (χ2v) is 10.9. The van der Waals surface area contributed by atoms with Crippen molar-refractivity contribution in [3.05, 3.63) is 42.5 Å². The fourth-order valence-corrected chi connectivity index (χ4v) is 4.95.